The van der Waals surface area contributed by atoms with Crippen molar-refractivity contribution in [2.45, 2.75) is 6.42 Å². The van der Waals surface area contributed by atoms with E-state index in [2.05, 4.69) is 0 Å². The van der Waals surface area contributed by atoms with Crippen molar-refractivity contribution in [3.8, 4) is 5.75 Å². The molecule has 0 aliphatic heterocycles. The third kappa shape index (κ3) is 4.13. The third-order valence-electron chi connectivity index (χ3n) is 2.55. The number of methoxy groups -OCH3 is 1. The van der Waals surface area contributed by atoms with E-state index in [4.69, 9.17) is 16.3 Å². The molecule has 0 bridgehead atoms. The minimum atomic E-state index is -0.538. The molecule has 17 heavy (non-hydrogen) atoms. The molecule has 0 aliphatic rings. The Labute approximate surface area is 105 Å². The average molecular weight is 264 g/mol. The maximum absolute atomic E-state index is 13.6. The first kappa shape index (κ1) is 14.2. The zero-order valence-electron chi connectivity index (χ0n) is 9.97. The first-order valence-corrected chi connectivity index (χ1v) is 5.88. The number of ether oxygens (including phenoxy) is 1. The van der Waals surface area contributed by atoms with Crippen LogP contribution in [0.5, 0.6) is 5.75 Å². The molecule has 0 aromatic heterocycles. The molecule has 0 aliphatic carbocycles. The van der Waals surface area contributed by atoms with Crippen LogP contribution in [0.15, 0.2) is 12.1 Å². The van der Waals surface area contributed by atoms with Gasteiger partial charge < -0.3 is 9.64 Å². The molecule has 5 heteroatoms. The predicted molar refractivity (Wildman–Crippen MR) is 64.8 cm³/mol. The summed E-state index contributed by atoms with van der Waals surface area (Å²) in [4.78, 5) is 1.97. The highest BCUT2D eigenvalue weighted by Crippen LogP contribution is 2.21. The van der Waals surface area contributed by atoms with E-state index < -0.39 is 11.6 Å². The molecule has 96 valence electrons. The number of hydrogen-bond acceptors (Lipinski definition) is 2. The van der Waals surface area contributed by atoms with Gasteiger partial charge in [-0.1, -0.05) is 0 Å². The van der Waals surface area contributed by atoms with Crippen LogP contribution in [0.2, 0.25) is 0 Å². The quantitative estimate of drug-likeness (QED) is 0.732. The summed E-state index contributed by atoms with van der Waals surface area (Å²) in [6.45, 7) is 1.36. The highest BCUT2D eigenvalue weighted by atomic mass is 35.5. The fourth-order valence-corrected chi connectivity index (χ4v) is 1.77. The van der Waals surface area contributed by atoms with Crippen molar-refractivity contribution in [3.05, 3.63) is 29.3 Å². The maximum atomic E-state index is 13.6. The van der Waals surface area contributed by atoms with Crippen LogP contribution in [0.3, 0.4) is 0 Å². The molecule has 2 nitrogen and oxygen atoms in total. The number of rotatable bonds is 6. The second-order valence-electron chi connectivity index (χ2n) is 3.82. The van der Waals surface area contributed by atoms with Crippen LogP contribution >= 0.6 is 11.6 Å². The van der Waals surface area contributed by atoms with Gasteiger partial charge in [0.2, 0.25) is 0 Å². The molecule has 0 atom stereocenters. The number of hydrogen-bond donors (Lipinski definition) is 0. The van der Waals surface area contributed by atoms with E-state index in [0.29, 0.717) is 24.4 Å². The molecule has 0 saturated carbocycles. The molecular formula is C12H16ClF2NO. The second-order valence-corrected chi connectivity index (χ2v) is 4.20. The van der Waals surface area contributed by atoms with Gasteiger partial charge in [-0.3, -0.25) is 0 Å². The molecule has 1 rings (SSSR count). The van der Waals surface area contributed by atoms with Gasteiger partial charge in [0.05, 0.1) is 7.11 Å². The van der Waals surface area contributed by atoms with Crippen molar-refractivity contribution in [2.24, 2.45) is 0 Å². The van der Waals surface area contributed by atoms with Crippen LogP contribution in [0, 0.1) is 11.6 Å². The van der Waals surface area contributed by atoms with Gasteiger partial charge in [0.25, 0.3) is 0 Å². The minimum absolute atomic E-state index is 0.0691. The first-order chi connectivity index (χ1) is 8.08. The molecule has 0 saturated heterocycles. The summed E-state index contributed by atoms with van der Waals surface area (Å²) in [6, 6.07) is 2.26. The second kappa shape index (κ2) is 6.77. The van der Waals surface area contributed by atoms with Gasteiger partial charge in [-0.15, -0.1) is 11.6 Å². The lowest BCUT2D eigenvalue weighted by Gasteiger charge is -2.15. The molecule has 0 radical (unpaired) electrons. The minimum Gasteiger partial charge on any atom is -0.494 e. The Morgan fingerprint density at radius 1 is 1.24 bits per heavy atom. The molecule has 0 fully saturated rings. The van der Waals surface area contributed by atoms with Gasteiger partial charge in [-0.2, -0.15) is 0 Å². The van der Waals surface area contributed by atoms with Crippen LogP contribution in [0.25, 0.3) is 0 Å². The highest BCUT2D eigenvalue weighted by Gasteiger charge is 2.10. The number of halogens is 3. The predicted octanol–water partition coefficient (Wildman–Crippen LogP) is 2.69. The Hall–Kier alpha value is -0.870. The summed E-state index contributed by atoms with van der Waals surface area (Å²) in [5.74, 6) is -0.526. The Morgan fingerprint density at radius 2 is 1.94 bits per heavy atom. The van der Waals surface area contributed by atoms with Crippen LogP contribution < -0.4 is 4.74 Å². The van der Waals surface area contributed by atoms with E-state index in [-0.39, 0.29) is 5.75 Å². The maximum Gasteiger partial charge on any atom is 0.165 e. The largest absolute Gasteiger partial charge is 0.494 e. The monoisotopic (exact) mass is 263 g/mol. The Bertz CT molecular complexity index is 374. The topological polar surface area (TPSA) is 12.5 Å². The van der Waals surface area contributed by atoms with Crippen molar-refractivity contribution < 1.29 is 13.5 Å². The molecule has 0 heterocycles. The van der Waals surface area contributed by atoms with Gasteiger partial charge in [0.1, 0.15) is 5.82 Å². The van der Waals surface area contributed by atoms with Gasteiger partial charge in [0.15, 0.2) is 11.6 Å². The molecule has 1 aromatic rings. The summed E-state index contributed by atoms with van der Waals surface area (Å²) < 4.78 is 31.6. The lowest BCUT2D eigenvalue weighted by atomic mass is 10.1. The van der Waals surface area contributed by atoms with Gasteiger partial charge in [-0.25, -0.2) is 8.78 Å². The van der Waals surface area contributed by atoms with Crippen LogP contribution in [-0.2, 0) is 6.42 Å². The smallest absolute Gasteiger partial charge is 0.165 e. The van der Waals surface area contributed by atoms with E-state index in [0.717, 1.165) is 12.6 Å². The Balaban J connectivity index is 2.68. The highest BCUT2D eigenvalue weighted by molar-refractivity contribution is 6.18. The van der Waals surface area contributed by atoms with Crippen LogP contribution in [0.1, 0.15) is 5.56 Å². The average Bonchev–Trinajstić information content (AvgIpc) is 2.30. The van der Waals surface area contributed by atoms with Crippen molar-refractivity contribution in [1.29, 1.82) is 0 Å². The van der Waals surface area contributed by atoms with E-state index >= 15 is 0 Å². The van der Waals surface area contributed by atoms with Crippen molar-refractivity contribution in [2.75, 3.05) is 33.1 Å². The fourth-order valence-electron chi connectivity index (χ4n) is 1.49. The Morgan fingerprint density at radius 3 is 2.53 bits per heavy atom. The molecule has 0 amide bonds. The lowest BCUT2D eigenvalue weighted by Crippen LogP contribution is -2.23. The summed E-state index contributed by atoms with van der Waals surface area (Å²) in [5, 5.41) is 0. The van der Waals surface area contributed by atoms with Crippen molar-refractivity contribution >= 4 is 11.6 Å². The standard InChI is InChI=1S/C12H16ClF2NO/c1-16(6-4-13)5-3-9-7-11(15)12(17-2)8-10(9)14/h7-8H,3-6H2,1-2H3. The molecule has 1 aromatic carbocycles. The zero-order chi connectivity index (χ0) is 12.8. The van der Waals surface area contributed by atoms with Crippen LogP contribution in [0.4, 0.5) is 8.78 Å². The third-order valence-corrected chi connectivity index (χ3v) is 2.72. The Kier molecular flexibility index (Phi) is 5.65. The van der Waals surface area contributed by atoms with Crippen LogP contribution in [-0.4, -0.2) is 38.0 Å². The summed E-state index contributed by atoms with van der Waals surface area (Å²) in [6.07, 6.45) is 0.445. The molecule has 0 spiro atoms. The number of likely N-dealkylation sites (N-methyl/N-ethyl adjacent to an activating group) is 1. The summed E-state index contributed by atoms with van der Waals surface area (Å²) >= 11 is 5.58. The van der Waals surface area contributed by atoms with E-state index in [1.54, 1.807) is 0 Å². The molecule has 0 N–H and O–H groups in total. The number of alkyl halides is 1. The lowest BCUT2D eigenvalue weighted by molar-refractivity contribution is 0.355. The number of benzene rings is 1. The molecule has 0 unspecified atom stereocenters. The zero-order valence-corrected chi connectivity index (χ0v) is 10.7. The SMILES string of the molecule is COc1cc(F)c(CCN(C)CCCl)cc1F. The fraction of sp³-hybridized carbons (Fsp3) is 0.500. The van der Waals surface area contributed by atoms with Gasteiger partial charge in [-0.05, 0) is 25.1 Å². The summed E-state index contributed by atoms with van der Waals surface area (Å²) in [5.41, 5.74) is 0.352. The van der Waals surface area contributed by atoms with Crippen molar-refractivity contribution in [3.63, 3.8) is 0 Å². The van der Waals surface area contributed by atoms with Gasteiger partial charge in [0, 0.05) is 25.0 Å². The summed E-state index contributed by atoms with van der Waals surface area (Å²) in [7, 11) is 3.20. The van der Waals surface area contributed by atoms with Gasteiger partial charge >= 0.3 is 0 Å². The van der Waals surface area contributed by atoms with E-state index in [1.165, 1.54) is 13.2 Å². The van der Waals surface area contributed by atoms with E-state index in [9.17, 15) is 8.78 Å². The molecular weight excluding hydrogens is 248 g/mol. The van der Waals surface area contributed by atoms with Crippen molar-refractivity contribution in [1.82, 2.24) is 4.90 Å². The number of nitrogens with zero attached hydrogens (tertiary/aromatic N) is 1. The van der Waals surface area contributed by atoms with E-state index in [1.807, 2.05) is 11.9 Å². The first-order valence-electron chi connectivity index (χ1n) is 5.35. The normalized spacial score (nSPS) is 10.9.